The third-order valence-corrected chi connectivity index (χ3v) is 2.87. The van der Waals surface area contributed by atoms with E-state index in [1.165, 1.54) is 0 Å². The van der Waals surface area contributed by atoms with Gasteiger partial charge in [-0.1, -0.05) is 0 Å². The van der Waals surface area contributed by atoms with Gasteiger partial charge in [0.1, 0.15) is 13.2 Å². The minimum atomic E-state index is -0.222. The fourth-order valence-corrected chi connectivity index (χ4v) is 1.70. The van der Waals surface area contributed by atoms with E-state index in [4.69, 9.17) is 9.47 Å². The summed E-state index contributed by atoms with van der Waals surface area (Å²) in [7, 11) is 0. The Balaban J connectivity index is 3.32. The van der Waals surface area contributed by atoms with Gasteiger partial charge in [-0.2, -0.15) is 0 Å². The van der Waals surface area contributed by atoms with E-state index >= 15 is 0 Å². The second-order valence-electron chi connectivity index (χ2n) is 4.77. The Bertz CT molecular complexity index is 234. The highest BCUT2D eigenvalue weighted by molar-refractivity contribution is 5.70. The van der Waals surface area contributed by atoms with Crippen LogP contribution in [-0.4, -0.2) is 38.2 Å². The zero-order chi connectivity index (χ0) is 15.1. The molecule has 0 aliphatic rings. The lowest BCUT2D eigenvalue weighted by atomic mass is 10.2. The van der Waals surface area contributed by atoms with Gasteiger partial charge in [0.25, 0.3) is 0 Å². The highest BCUT2D eigenvalue weighted by atomic mass is 16.6. The number of quaternary nitrogens is 2. The summed E-state index contributed by atoms with van der Waals surface area (Å²) in [5.74, 6) is -0.443. The first-order valence-electron chi connectivity index (χ1n) is 7.60. The van der Waals surface area contributed by atoms with E-state index in [1.54, 1.807) is 0 Å². The maximum atomic E-state index is 11.3. The molecule has 0 amide bonds. The van der Waals surface area contributed by atoms with E-state index in [0.29, 0.717) is 12.8 Å². The van der Waals surface area contributed by atoms with E-state index in [-0.39, 0.29) is 25.2 Å². The van der Waals surface area contributed by atoms with Gasteiger partial charge in [-0.05, 0) is 38.5 Å². The summed E-state index contributed by atoms with van der Waals surface area (Å²) in [6.07, 6.45) is 6.61. The summed E-state index contributed by atoms with van der Waals surface area (Å²) >= 11 is 0. The van der Waals surface area contributed by atoms with Gasteiger partial charge in [-0.25, -0.2) is 0 Å². The van der Waals surface area contributed by atoms with E-state index in [1.807, 2.05) is 0 Å². The molecule has 0 rings (SSSR count). The first-order valence-corrected chi connectivity index (χ1v) is 7.60. The lowest BCUT2D eigenvalue weighted by Crippen LogP contribution is -2.50. The molecule has 0 radical (unpaired) electrons. The van der Waals surface area contributed by atoms with Crippen LogP contribution in [0.5, 0.6) is 0 Å². The van der Waals surface area contributed by atoms with Gasteiger partial charge in [0.15, 0.2) is 0 Å². The molecule has 118 valence electrons. The van der Waals surface area contributed by atoms with Crippen molar-refractivity contribution in [3.05, 3.63) is 0 Å². The SMILES string of the molecule is [NH3+]CCCCCC(=O)OCCOC(=O)CCCCC[NH3+]. The van der Waals surface area contributed by atoms with Crippen molar-refractivity contribution in [2.75, 3.05) is 26.3 Å². The average molecular weight is 290 g/mol. The Morgan fingerprint density at radius 1 is 0.650 bits per heavy atom. The third-order valence-electron chi connectivity index (χ3n) is 2.87. The van der Waals surface area contributed by atoms with Crippen molar-refractivity contribution in [3.8, 4) is 0 Å². The van der Waals surface area contributed by atoms with E-state index < -0.39 is 0 Å². The van der Waals surface area contributed by atoms with Crippen LogP contribution < -0.4 is 11.5 Å². The van der Waals surface area contributed by atoms with E-state index in [9.17, 15) is 9.59 Å². The fourth-order valence-electron chi connectivity index (χ4n) is 1.70. The van der Waals surface area contributed by atoms with Gasteiger partial charge in [0, 0.05) is 12.8 Å². The highest BCUT2D eigenvalue weighted by Crippen LogP contribution is 2.01. The standard InChI is InChI=1S/C14H28N2O4/c15-9-5-1-3-7-13(17)19-11-12-20-14(18)8-4-2-6-10-16/h1-12,15-16H2/p+2. The molecule has 0 saturated carbocycles. The minimum absolute atomic E-state index is 0.152. The number of esters is 2. The fraction of sp³-hybridized carbons (Fsp3) is 0.857. The summed E-state index contributed by atoms with van der Waals surface area (Å²) in [5.41, 5.74) is 7.49. The molecule has 0 heterocycles. The number of carbonyl (C=O) groups is 2. The molecule has 0 spiro atoms. The van der Waals surface area contributed by atoms with Crippen molar-refractivity contribution in [1.82, 2.24) is 0 Å². The molecule has 20 heavy (non-hydrogen) atoms. The maximum Gasteiger partial charge on any atom is 0.305 e. The van der Waals surface area contributed by atoms with Gasteiger partial charge in [0.05, 0.1) is 13.1 Å². The van der Waals surface area contributed by atoms with Crippen molar-refractivity contribution in [2.45, 2.75) is 51.4 Å². The lowest BCUT2D eigenvalue weighted by molar-refractivity contribution is -0.368. The summed E-state index contributed by atoms with van der Waals surface area (Å²) in [6, 6.07) is 0. The molecule has 6 heteroatoms. The van der Waals surface area contributed by atoms with Crippen LogP contribution in [0.25, 0.3) is 0 Å². The number of hydrogen-bond donors (Lipinski definition) is 2. The molecule has 0 aromatic carbocycles. The van der Waals surface area contributed by atoms with Crippen LogP contribution in [0.4, 0.5) is 0 Å². The molecule has 6 nitrogen and oxygen atoms in total. The Hall–Kier alpha value is -1.14. The summed E-state index contributed by atoms with van der Waals surface area (Å²) in [6.45, 7) is 2.11. The average Bonchev–Trinajstić information content (AvgIpc) is 2.44. The number of rotatable bonds is 13. The molecule has 0 saturated heterocycles. The van der Waals surface area contributed by atoms with Crippen LogP contribution in [0.15, 0.2) is 0 Å². The molecule has 0 fully saturated rings. The van der Waals surface area contributed by atoms with Crippen molar-refractivity contribution < 1.29 is 30.5 Å². The predicted octanol–water partition coefficient (Wildman–Crippen LogP) is -0.323. The molecule has 0 aromatic rings. The van der Waals surface area contributed by atoms with E-state index in [0.717, 1.165) is 51.6 Å². The Morgan fingerprint density at radius 3 is 1.40 bits per heavy atom. The first kappa shape index (κ1) is 18.9. The molecule has 0 atom stereocenters. The minimum Gasteiger partial charge on any atom is -0.462 e. The monoisotopic (exact) mass is 290 g/mol. The Labute approximate surface area is 121 Å². The molecule has 0 bridgehead atoms. The van der Waals surface area contributed by atoms with Gasteiger partial charge >= 0.3 is 11.9 Å². The van der Waals surface area contributed by atoms with Crippen molar-refractivity contribution in [2.24, 2.45) is 0 Å². The van der Waals surface area contributed by atoms with Crippen LogP contribution in [0, 0.1) is 0 Å². The smallest absolute Gasteiger partial charge is 0.305 e. The Morgan fingerprint density at radius 2 is 1.05 bits per heavy atom. The summed E-state index contributed by atoms with van der Waals surface area (Å²) in [4.78, 5) is 22.6. The zero-order valence-electron chi connectivity index (χ0n) is 12.5. The second kappa shape index (κ2) is 14.3. The molecule has 0 aliphatic heterocycles. The van der Waals surface area contributed by atoms with E-state index in [2.05, 4.69) is 11.5 Å². The predicted molar refractivity (Wildman–Crippen MR) is 74.4 cm³/mol. The van der Waals surface area contributed by atoms with Crippen LogP contribution in [0.3, 0.4) is 0 Å². The molecule has 0 aromatic heterocycles. The quantitative estimate of drug-likeness (QED) is 0.358. The molecule has 0 unspecified atom stereocenters. The van der Waals surface area contributed by atoms with Crippen molar-refractivity contribution in [3.63, 3.8) is 0 Å². The van der Waals surface area contributed by atoms with Gasteiger partial charge in [-0.3, -0.25) is 9.59 Å². The zero-order valence-corrected chi connectivity index (χ0v) is 12.5. The molecular weight excluding hydrogens is 260 g/mol. The second-order valence-corrected chi connectivity index (χ2v) is 4.77. The maximum absolute atomic E-state index is 11.3. The summed E-state index contributed by atoms with van der Waals surface area (Å²) < 4.78 is 9.95. The molecular formula is C14H30N2O4+2. The van der Waals surface area contributed by atoms with Gasteiger partial charge in [-0.15, -0.1) is 0 Å². The third kappa shape index (κ3) is 13.3. The summed E-state index contributed by atoms with van der Waals surface area (Å²) in [5, 5.41) is 0. The van der Waals surface area contributed by atoms with Crippen molar-refractivity contribution in [1.29, 1.82) is 0 Å². The van der Waals surface area contributed by atoms with Crippen LogP contribution in [0.2, 0.25) is 0 Å². The topological polar surface area (TPSA) is 108 Å². The van der Waals surface area contributed by atoms with Gasteiger partial charge < -0.3 is 20.9 Å². The van der Waals surface area contributed by atoms with Crippen LogP contribution in [-0.2, 0) is 19.1 Å². The molecule has 0 aliphatic carbocycles. The largest absolute Gasteiger partial charge is 0.462 e. The van der Waals surface area contributed by atoms with Crippen LogP contribution >= 0.6 is 0 Å². The normalized spacial score (nSPS) is 10.3. The highest BCUT2D eigenvalue weighted by Gasteiger charge is 2.05. The first-order chi connectivity index (χ1) is 9.70. The van der Waals surface area contributed by atoms with Crippen LogP contribution in [0.1, 0.15) is 51.4 Å². The number of carbonyl (C=O) groups excluding carboxylic acids is 2. The number of hydrogen-bond acceptors (Lipinski definition) is 4. The van der Waals surface area contributed by atoms with Gasteiger partial charge in [0.2, 0.25) is 0 Å². The number of ether oxygens (including phenoxy) is 2. The number of unbranched alkanes of at least 4 members (excludes halogenated alkanes) is 4. The van der Waals surface area contributed by atoms with Crippen molar-refractivity contribution >= 4 is 11.9 Å². The Kier molecular flexibility index (Phi) is 13.5. The lowest BCUT2D eigenvalue weighted by Gasteiger charge is -2.06. The molecule has 6 N–H and O–H groups in total.